The molecule has 0 bridgehead atoms. The van der Waals surface area contributed by atoms with Crippen molar-refractivity contribution in [2.45, 2.75) is 51.1 Å². The second kappa shape index (κ2) is 4.97. The average molecular weight is 181 g/mol. The number of hydrogen-bond donors (Lipinski definition) is 0. The molecule has 1 unspecified atom stereocenters. The number of likely N-dealkylation sites (tertiary alicyclic amines) is 1. The van der Waals surface area contributed by atoms with Crippen molar-refractivity contribution in [3.05, 3.63) is 0 Å². The van der Waals surface area contributed by atoms with E-state index >= 15 is 0 Å². The lowest BCUT2D eigenvalue weighted by Crippen LogP contribution is -2.44. The fourth-order valence-electron chi connectivity index (χ4n) is 2.46. The van der Waals surface area contributed by atoms with Crippen LogP contribution in [-0.2, 0) is 0 Å². The predicted molar refractivity (Wildman–Crippen MR) is 54.7 cm³/mol. The summed E-state index contributed by atoms with van der Waals surface area (Å²) in [6, 6.07) is 0. The van der Waals surface area contributed by atoms with Gasteiger partial charge in [-0.2, -0.15) is 0 Å². The largest absolute Gasteiger partial charge is 0.287 e. The molecule has 0 spiro atoms. The maximum absolute atomic E-state index is 4.72. The maximum atomic E-state index is 4.72. The second-order valence-corrected chi connectivity index (χ2v) is 4.33. The van der Waals surface area contributed by atoms with E-state index in [1.165, 1.54) is 58.0 Å². The van der Waals surface area contributed by atoms with Gasteiger partial charge < -0.3 is 0 Å². The molecule has 1 atom stereocenters. The smallest absolute Gasteiger partial charge is 0.0760 e. The van der Waals surface area contributed by atoms with Crippen LogP contribution < -0.4 is 5.32 Å². The Morgan fingerprint density at radius 1 is 0.846 bits per heavy atom. The van der Waals surface area contributed by atoms with E-state index in [0.29, 0.717) is 6.17 Å². The Morgan fingerprint density at radius 2 is 1.62 bits per heavy atom. The monoisotopic (exact) mass is 181 g/mol. The molecule has 2 heteroatoms. The fourth-order valence-corrected chi connectivity index (χ4v) is 2.46. The minimum absolute atomic E-state index is 0.590. The van der Waals surface area contributed by atoms with Crippen LogP contribution in [0.2, 0.25) is 0 Å². The zero-order chi connectivity index (χ0) is 8.93. The first kappa shape index (κ1) is 9.47. The Kier molecular flexibility index (Phi) is 3.62. The van der Waals surface area contributed by atoms with Gasteiger partial charge in [-0.15, -0.1) is 0 Å². The van der Waals surface area contributed by atoms with Crippen molar-refractivity contribution < 1.29 is 0 Å². The molecule has 2 heterocycles. The van der Waals surface area contributed by atoms with Gasteiger partial charge in [0.1, 0.15) is 0 Å². The highest BCUT2D eigenvalue weighted by atomic mass is 15.3. The minimum atomic E-state index is 0.590. The molecule has 0 aromatic rings. The third-order valence-electron chi connectivity index (χ3n) is 3.27. The molecule has 1 radical (unpaired) electrons. The van der Waals surface area contributed by atoms with Gasteiger partial charge in [0.15, 0.2) is 0 Å². The van der Waals surface area contributed by atoms with Crippen molar-refractivity contribution >= 4 is 0 Å². The van der Waals surface area contributed by atoms with E-state index in [1.807, 2.05) is 0 Å². The van der Waals surface area contributed by atoms with E-state index in [9.17, 15) is 0 Å². The quantitative estimate of drug-likeness (QED) is 0.604. The molecule has 0 aliphatic carbocycles. The van der Waals surface area contributed by atoms with E-state index in [0.717, 1.165) is 6.54 Å². The Bertz CT molecular complexity index is 133. The summed E-state index contributed by atoms with van der Waals surface area (Å²) in [5.74, 6) is 0. The van der Waals surface area contributed by atoms with Crippen LogP contribution in [0.15, 0.2) is 0 Å². The summed E-state index contributed by atoms with van der Waals surface area (Å²) in [4.78, 5) is 2.62. The molecule has 2 nitrogen and oxygen atoms in total. The standard InChI is InChI=1S/C11H21N2/c1-2-6-10-13(9-5-1)11-7-3-4-8-12-11/h11H,1-10H2. The van der Waals surface area contributed by atoms with Gasteiger partial charge in [0.25, 0.3) is 0 Å². The average Bonchev–Trinajstić information content (AvgIpc) is 2.47. The van der Waals surface area contributed by atoms with Crippen LogP contribution in [-0.4, -0.2) is 30.7 Å². The van der Waals surface area contributed by atoms with Crippen molar-refractivity contribution in [3.8, 4) is 0 Å². The summed E-state index contributed by atoms with van der Waals surface area (Å²) in [7, 11) is 0. The zero-order valence-electron chi connectivity index (χ0n) is 8.54. The topological polar surface area (TPSA) is 17.3 Å². The van der Waals surface area contributed by atoms with Gasteiger partial charge in [0, 0.05) is 6.54 Å². The van der Waals surface area contributed by atoms with Crippen LogP contribution in [0.1, 0.15) is 44.9 Å². The first-order valence-electron chi connectivity index (χ1n) is 5.87. The van der Waals surface area contributed by atoms with Gasteiger partial charge in [0.2, 0.25) is 0 Å². The predicted octanol–water partition coefficient (Wildman–Crippen LogP) is 1.98. The molecule has 2 saturated heterocycles. The third kappa shape index (κ3) is 2.68. The maximum Gasteiger partial charge on any atom is 0.0760 e. The fraction of sp³-hybridized carbons (Fsp3) is 1.00. The molecule has 75 valence electrons. The molecule has 0 amide bonds. The van der Waals surface area contributed by atoms with Crippen molar-refractivity contribution in [1.29, 1.82) is 0 Å². The van der Waals surface area contributed by atoms with E-state index in [1.54, 1.807) is 0 Å². The third-order valence-corrected chi connectivity index (χ3v) is 3.27. The van der Waals surface area contributed by atoms with Gasteiger partial charge in [-0.05, 0) is 45.2 Å². The molecular weight excluding hydrogens is 160 g/mol. The highest BCUT2D eigenvalue weighted by molar-refractivity contribution is 4.75. The molecule has 0 aromatic carbocycles. The molecule has 2 aliphatic rings. The SMILES string of the molecule is C1CCCN(C2CCCC[N]2)CC1. The molecule has 2 fully saturated rings. The number of hydrogen-bond acceptors (Lipinski definition) is 1. The van der Waals surface area contributed by atoms with Crippen LogP contribution in [0.3, 0.4) is 0 Å². The Morgan fingerprint density at radius 3 is 2.23 bits per heavy atom. The number of piperidine rings is 1. The van der Waals surface area contributed by atoms with Crippen molar-refractivity contribution in [3.63, 3.8) is 0 Å². The summed E-state index contributed by atoms with van der Waals surface area (Å²) in [6.07, 6.45) is 10.3. The van der Waals surface area contributed by atoms with Crippen LogP contribution in [0.25, 0.3) is 0 Å². The molecule has 0 aromatic heterocycles. The zero-order valence-corrected chi connectivity index (χ0v) is 8.54. The summed E-state index contributed by atoms with van der Waals surface area (Å²) in [5, 5.41) is 4.72. The lowest BCUT2D eigenvalue weighted by Gasteiger charge is -2.32. The van der Waals surface area contributed by atoms with Gasteiger partial charge in [0.05, 0.1) is 6.17 Å². The summed E-state index contributed by atoms with van der Waals surface area (Å²) >= 11 is 0. The van der Waals surface area contributed by atoms with Crippen LogP contribution >= 0.6 is 0 Å². The van der Waals surface area contributed by atoms with Crippen LogP contribution in [0, 0.1) is 0 Å². The van der Waals surface area contributed by atoms with Crippen molar-refractivity contribution in [1.82, 2.24) is 10.2 Å². The molecule has 13 heavy (non-hydrogen) atoms. The van der Waals surface area contributed by atoms with Crippen LogP contribution in [0.5, 0.6) is 0 Å². The highest BCUT2D eigenvalue weighted by Crippen LogP contribution is 2.17. The van der Waals surface area contributed by atoms with E-state index in [2.05, 4.69) is 4.90 Å². The van der Waals surface area contributed by atoms with E-state index < -0.39 is 0 Å². The lowest BCUT2D eigenvalue weighted by atomic mass is 10.1. The van der Waals surface area contributed by atoms with Gasteiger partial charge >= 0.3 is 0 Å². The minimum Gasteiger partial charge on any atom is -0.287 e. The first-order chi connectivity index (χ1) is 6.47. The van der Waals surface area contributed by atoms with Gasteiger partial charge in [-0.25, -0.2) is 5.32 Å². The number of rotatable bonds is 1. The molecule has 2 rings (SSSR count). The van der Waals surface area contributed by atoms with E-state index in [4.69, 9.17) is 5.32 Å². The molecule has 2 aliphatic heterocycles. The van der Waals surface area contributed by atoms with Crippen molar-refractivity contribution in [2.24, 2.45) is 0 Å². The molecule has 0 N–H and O–H groups in total. The summed E-state index contributed by atoms with van der Waals surface area (Å²) in [6.45, 7) is 3.71. The second-order valence-electron chi connectivity index (χ2n) is 4.33. The normalized spacial score (nSPS) is 32.8. The number of nitrogens with zero attached hydrogens (tertiary/aromatic N) is 2. The Hall–Kier alpha value is -0.0800. The molecule has 0 saturated carbocycles. The van der Waals surface area contributed by atoms with Crippen LogP contribution in [0.4, 0.5) is 0 Å². The van der Waals surface area contributed by atoms with Gasteiger partial charge in [-0.1, -0.05) is 12.8 Å². The Labute approximate surface area is 81.7 Å². The van der Waals surface area contributed by atoms with E-state index in [-0.39, 0.29) is 0 Å². The highest BCUT2D eigenvalue weighted by Gasteiger charge is 2.21. The summed E-state index contributed by atoms with van der Waals surface area (Å²) in [5.41, 5.74) is 0. The summed E-state index contributed by atoms with van der Waals surface area (Å²) < 4.78 is 0. The van der Waals surface area contributed by atoms with Crippen molar-refractivity contribution in [2.75, 3.05) is 19.6 Å². The Balaban J connectivity index is 1.82. The molecular formula is C11H21N2. The first-order valence-corrected chi connectivity index (χ1v) is 5.87. The van der Waals surface area contributed by atoms with Gasteiger partial charge in [-0.3, -0.25) is 4.90 Å². The lowest BCUT2D eigenvalue weighted by molar-refractivity contribution is 0.139.